The van der Waals surface area contributed by atoms with Gasteiger partial charge in [0.15, 0.2) is 5.16 Å². The number of nitrogens with zero attached hydrogens (tertiary/aromatic N) is 3. The van der Waals surface area contributed by atoms with Crippen molar-refractivity contribution in [2.75, 3.05) is 32.0 Å². The summed E-state index contributed by atoms with van der Waals surface area (Å²) in [6.45, 7) is 9.16. The molecule has 0 saturated carbocycles. The standard InChI is InChI=1S/C21H31N3O2S2/c1-3-17-15(2)28-19-18(17)20(25)24(14-16-8-7-12-26-16)21(22-19)27-13-11-23-9-5-4-6-10-23/h16H,3-14H2,1-2H3. The molecule has 4 heterocycles. The van der Waals surface area contributed by atoms with E-state index in [1.165, 1.54) is 42.8 Å². The second-order valence-electron chi connectivity index (χ2n) is 7.87. The summed E-state index contributed by atoms with van der Waals surface area (Å²) in [5.41, 5.74) is 1.30. The molecule has 2 aromatic heterocycles. The SMILES string of the molecule is CCc1c(C)sc2nc(SCCN3CCCCC3)n(CC3CCCO3)c(=O)c12. The third-order valence-corrected chi connectivity index (χ3v) is 7.93. The molecule has 2 aliphatic heterocycles. The molecule has 28 heavy (non-hydrogen) atoms. The number of fused-ring (bicyclic) bond motifs is 1. The van der Waals surface area contributed by atoms with Gasteiger partial charge in [-0.05, 0) is 57.7 Å². The molecule has 2 aliphatic rings. The molecule has 0 amide bonds. The maximum atomic E-state index is 13.4. The van der Waals surface area contributed by atoms with Gasteiger partial charge in [0, 0.05) is 23.8 Å². The summed E-state index contributed by atoms with van der Waals surface area (Å²) < 4.78 is 7.75. The Kier molecular flexibility index (Phi) is 6.76. The van der Waals surface area contributed by atoms with Crippen LogP contribution in [0.2, 0.25) is 0 Å². The van der Waals surface area contributed by atoms with Crippen molar-refractivity contribution in [2.45, 2.75) is 70.2 Å². The van der Waals surface area contributed by atoms with Crippen LogP contribution in [0.1, 0.15) is 49.5 Å². The van der Waals surface area contributed by atoms with Crippen LogP contribution in [0.5, 0.6) is 0 Å². The topological polar surface area (TPSA) is 47.4 Å². The van der Waals surface area contributed by atoms with Crippen LogP contribution in [0.4, 0.5) is 0 Å². The predicted molar refractivity (Wildman–Crippen MR) is 118 cm³/mol. The molecular formula is C21H31N3O2S2. The molecule has 0 aromatic carbocycles. The Morgan fingerprint density at radius 2 is 2.07 bits per heavy atom. The minimum absolute atomic E-state index is 0.127. The van der Waals surface area contributed by atoms with Gasteiger partial charge in [-0.3, -0.25) is 9.36 Å². The minimum Gasteiger partial charge on any atom is -0.376 e. The summed E-state index contributed by atoms with van der Waals surface area (Å²) in [6, 6.07) is 0. The average molecular weight is 422 g/mol. The summed E-state index contributed by atoms with van der Waals surface area (Å²) in [5.74, 6) is 0.981. The lowest BCUT2D eigenvalue weighted by molar-refractivity contribution is 0.0937. The fraction of sp³-hybridized carbons (Fsp3) is 0.714. The first-order chi connectivity index (χ1) is 13.7. The molecule has 0 radical (unpaired) electrons. The summed E-state index contributed by atoms with van der Waals surface area (Å²) in [4.78, 5) is 23.1. The molecule has 7 heteroatoms. The van der Waals surface area contributed by atoms with Gasteiger partial charge in [-0.1, -0.05) is 25.1 Å². The zero-order valence-corrected chi connectivity index (χ0v) is 18.7. The van der Waals surface area contributed by atoms with E-state index in [1.54, 1.807) is 23.1 Å². The highest BCUT2D eigenvalue weighted by atomic mass is 32.2. The number of hydrogen-bond donors (Lipinski definition) is 0. The molecule has 154 valence electrons. The van der Waals surface area contributed by atoms with Crippen molar-refractivity contribution in [3.05, 3.63) is 20.8 Å². The van der Waals surface area contributed by atoms with Gasteiger partial charge in [-0.25, -0.2) is 4.98 Å². The first-order valence-electron chi connectivity index (χ1n) is 10.7. The van der Waals surface area contributed by atoms with E-state index in [0.717, 1.165) is 53.5 Å². The second kappa shape index (κ2) is 9.28. The molecule has 0 spiro atoms. The van der Waals surface area contributed by atoms with E-state index >= 15 is 0 Å². The van der Waals surface area contributed by atoms with Crippen molar-refractivity contribution < 1.29 is 4.74 Å². The first kappa shape index (κ1) is 20.4. The fourth-order valence-electron chi connectivity index (χ4n) is 4.37. The van der Waals surface area contributed by atoms with Gasteiger partial charge in [0.25, 0.3) is 5.56 Å². The van der Waals surface area contributed by atoms with Crippen molar-refractivity contribution >= 4 is 33.3 Å². The lowest BCUT2D eigenvalue weighted by Crippen LogP contribution is -2.32. The fourth-order valence-corrected chi connectivity index (χ4v) is 6.53. The monoisotopic (exact) mass is 421 g/mol. The van der Waals surface area contributed by atoms with Crippen LogP contribution in [0, 0.1) is 6.92 Å². The van der Waals surface area contributed by atoms with Crippen LogP contribution in [0.15, 0.2) is 9.95 Å². The van der Waals surface area contributed by atoms with E-state index < -0.39 is 0 Å². The predicted octanol–water partition coefficient (Wildman–Crippen LogP) is 4.09. The number of rotatable bonds is 7. The number of aryl methyl sites for hydroxylation is 2. The average Bonchev–Trinajstić information content (AvgIpc) is 3.32. The van der Waals surface area contributed by atoms with Gasteiger partial charge >= 0.3 is 0 Å². The number of piperidine rings is 1. The molecule has 2 saturated heterocycles. The molecular weight excluding hydrogens is 390 g/mol. The van der Waals surface area contributed by atoms with Crippen molar-refractivity contribution in [1.82, 2.24) is 14.5 Å². The van der Waals surface area contributed by atoms with Crippen LogP contribution in [-0.2, 0) is 17.7 Å². The summed E-state index contributed by atoms with van der Waals surface area (Å²) in [5, 5.41) is 1.71. The van der Waals surface area contributed by atoms with Gasteiger partial charge in [-0.2, -0.15) is 0 Å². The molecule has 1 atom stereocenters. The van der Waals surface area contributed by atoms with Gasteiger partial charge in [0.2, 0.25) is 0 Å². The third-order valence-electron chi connectivity index (χ3n) is 5.93. The van der Waals surface area contributed by atoms with Crippen molar-refractivity contribution in [3.8, 4) is 0 Å². The van der Waals surface area contributed by atoms with Crippen LogP contribution in [0.25, 0.3) is 10.2 Å². The van der Waals surface area contributed by atoms with Gasteiger partial charge in [0.05, 0.1) is 18.0 Å². The van der Waals surface area contributed by atoms with E-state index in [2.05, 4.69) is 18.7 Å². The quantitative estimate of drug-likeness (QED) is 0.498. The molecule has 5 nitrogen and oxygen atoms in total. The highest BCUT2D eigenvalue weighted by Crippen LogP contribution is 2.30. The normalized spacial score (nSPS) is 21.0. The number of hydrogen-bond acceptors (Lipinski definition) is 6. The van der Waals surface area contributed by atoms with Gasteiger partial charge < -0.3 is 9.64 Å². The Labute approximate surface area is 175 Å². The van der Waals surface area contributed by atoms with Crippen molar-refractivity contribution in [2.24, 2.45) is 0 Å². The molecule has 1 unspecified atom stereocenters. The Balaban J connectivity index is 1.61. The van der Waals surface area contributed by atoms with E-state index in [0.29, 0.717) is 6.54 Å². The molecule has 4 rings (SSSR count). The van der Waals surface area contributed by atoms with Gasteiger partial charge in [0.1, 0.15) is 4.83 Å². The number of likely N-dealkylation sites (tertiary alicyclic amines) is 1. The Bertz CT molecular complexity index is 865. The minimum atomic E-state index is 0.127. The van der Waals surface area contributed by atoms with Crippen LogP contribution >= 0.6 is 23.1 Å². The number of ether oxygens (including phenoxy) is 1. The summed E-state index contributed by atoms with van der Waals surface area (Å²) in [7, 11) is 0. The van der Waals surface area contributed by atoms with Gasteiger partial charge in [-0.15, -0.1) is 11.3 Å². The first-order valence-corrected chi connectivity index (χ1v) is 12.5. The molecule has 0 aliphatic carbocycles. The van der Waals surface area contributed by atoms with E-state index in [-0.39, 0.29) is 11.7 Å². The lowest BCUT2D eigenvalue weighted by atomic mass is 10.1. The van der Waals surface area contributed by atoms with Crippen molar-refractivity contribution in [3.63, 3.8) is 0 Å². The number of aromatic nitrogens is 2. The Morgan fingerprint density at radius 3 is 2.79 bits per heavy atom. The number of thiophene rings is 1. The summed E-state index contributed by atoms with van der Waals surface area (Å²) >= 11 is 3.40. The zero-order chi connectivity index (χ0) is 19.5. The third kappa shape index (κ3) is 4.32. The lowest BCUT2D eigenvalue weighted by Gasteiger charge is -2.26. The van der Waals surface area contributed by atoms with Crippen LogP contribution in [-0.4, -0.2) is 52.5 Å². The molecule has 2 fully saturated rings. The van der Waals surface area contributed by atoms with E-state index in [9.17, 15) is 4.79 Å². The summed E-state index contributed by atoms with van der Waals surface area (Å²) in [6.07, 6.45) is 7.13. The largest absolute Gasteiger partial charge is 0.376 e. The molecule has 2 aromatic rings. The molecule has 0 bridgehead atoms. The molecule has 0 N–H and O–H groups in total. The van der Waals surface area contributed by atoms with Crippen LogP contribution in [0.3, 0.4) is 0 Å². The maximum Gasteiger partial charge on any atom is 0.263 e. The maximum absolute atomic E-state index is 13.4. The van der Waals surface area contributed by atoms with Crippen molar-refractivity contribution in [1.29, 1.82) is 0 Å². The number of thioether (sulfide) groups is 1. The second-order valence-corrected chi connectivity index (χ2v) is 10.1. The smallest absolute Gasteiger partial charge is 0.263 e. The van der Waals surface area contributed by atoms with E-state index in [1.807, 2.05) is 4.57 Å². The highest BCUT2D eigenvalue weighted by Gasteiger charge is 2.23. The Morgan fingerprint density at radius 1 is 1.25 bits per heavy atom. The highest BCUT2D eigenvalue weighted by molar-refractivity contribution is 7.99. The zero-order valence-electron chi connectivity index (χ0n) is 17.0. The Hall–Kier alpha value is -0.890. The van der Waals surface area contributed by atoms with E-state index in [4.69, 9.17) is 9.72 Å². The van der Waals surface area contributed by atoms with Crippen LogP contribution < -0.4 is 5.56 Å².